The first-order chi connectivity index (χ1) is 4.84. The Hall–Kier alpha value is -0.350. The Kier molecular flexibility index (Phi) is 8.64. The van der Waals surface area contributed by atoms with Crippen LogP contribution in [0.15, 0.2) is 30.3 Å². The molecule has 60 valence electrons. The van der Waals surface area contributed by atoms with Crippen LogP contribution in [0.4, 0.5) is 0 Å². The number of rotatable bonds is 1. The van der Waals surface area contributed by atoms with Crippen molar-refractivity contribution in [2.24, 2.45) is 0 Å². The number of carbonyl (C=O) groups excluding carboxylic acids is 1. The number of hydrogen-bond acceptors (Lipinski definition) is 3. The van der Waals surface area contributed by atoms with E-state index in [2.05, 4.69) is 4.74 Å². The zero-order chi connectivity index (χ0) is 7.40. The average Bonchev–Trinajstić information content (AvgIpc) is 2.05. The Labute approximate surface area is 93.3 Å². The molecule has 1 aromatic carbocycles. The minimum atomic E-state index is -0.291. The van der Waals surface area contributed by atoms with Crippen molar-refractivity contribution < 1.29 is 44.6 Å². The van der Waals surface area contributed by atoms with Crippen LogP contribution in [-0.4, -0.2) is 18.6 Å². The fourth-order valence-corrected chi connectivity index (χ4v) is 0.692. The van der Waals surface area contributed by atoms with E-state index in [0.29, 0.717) is 5.56 Å². The zero-order valence-corrected chi connectivity index (χ0v) is 9.15. The largest absolute Gasteiger partial charge is 1.00 e. The fourth-order valence-electron chi connectivity index (χ4n) is 0.692. The van der Waals surface area contributed by atoms with Crippen LogP contribution in [0.2, 0.25) is 0 Å². The van der Waals surface area contributed by atoms with E-state index in [-0.39, 0.29) is 41.0 Å². The topological polar surface area (TPSA) is 56.3 Å². The Balaban J connectivity index is 0. The standard InChI is InChI=1S/C8H8O2.Na.H2O/c1-10-8(9)7-5-3-2-4-6-7;;/h2-6H,1H3;;1H2/q;+1;/p-1. The smallest absolute Gasteiger partial charge is 0.870 e. The molecule has 1 N–H and O–H groups in total. The number of esters is 1. The van der Waals surface area contributed by atoms with E-state index in [0.717, 1.165) is 0 Å². The number of benzene rings is 1. The van der Waals surface area contributed by atoms with Crippen molar-refractivity contribution in [3.63, 3.8) is 0 Å². The van der Waals surface area contributed by atoms with Gasteiger partial charge in [-0.2, -0.15) is 0 Å². The molecular formula is C8H9NaO3. The van der Waals surface area contributed by atoms with Gasteiger partial charge in [-0.25, -0.2) is 4.79 Å². The summed E-state index contributed by atoms with van der Waals surface area (Å²) in [5, 5.41) is 0. The second kappa shape index (κ2) is 7.31. The van der Waals surface area contributed by atoms with E-state index in [4.69, 9.17) is 0 Å². The molecule has 0 radical (unpaired) electrons. The molecule has 0 aliphatic carbocycles. The molecule has 0 aromatic heterocycles. The van der Waals surface area contributed by atoms with Crippen molar-refractivity contribution >= 4 is 5.97 Å². The van der Waals surface area contributed by atoms with Crippen LogP contribution in [0, 0.1) is 0 Å². The average molecular weight is 176 g/mol. The Morgan fingerprint density at radius 2 is 1.75 bits per heavy atom. The third kappa shape index (κ3) is 3.88. The molecule has 0 heterocycles. The minimum absolute atomic E-state index is 0. The van der Waals surface area contributed by atoms with Crippen LogP contribution in [0.3, 0.4) is 0 Å². The van der Waals surface area contributed by atoms with Crippen molar-refractivity contribution in [1.82, 2.24) is 0 Å². The summed E-state index contributed by atoms with van der Waals surface area (Å²) in [7, 11) is 1.37. The van der Waals surface area contributed by atoms with E-state index >= 15 is 0 Å². The molecule has 0 saturated carbocycles. The molecule has 0 amide bonds. The summed E-state index contributed by atoms with van der Waals surface area (Å²) >= 11 is 0. The van der Waals surface area contributed by atoms with Crippen LogP contribution in [0.5, 0.6) is 0 Å². The molecule has 12 heavy (non-hydrogen) atoms. The Morgan fingerprint density at radius 1 is 1.25 bits per heavy atom. The molecule has 0 bridgehead atoms. The van der Waals surface area contributed by atoms with Crippen molar-refractivity contribution in [3.8, 4) is 0 Å². The Bertz CT molecular complexity index is 223. The zero-order valence-electron chi connectivity index (χ0n) is 7.15. The van der Waals surface area contributed by atoms with Gasteiger partial charge < -0.3 is 10.2 Å². The van der Waals surface area contributed by atoms with Crippen molar-refractivity contribution in [2.75, 3.05) is 7.11 Å². The van der Waals surface area contributed by atoms with Gasteiger partial charge in [-0.3, -0.25) is 0 Å². The molecule has 0 unspecified atom stereocenters. The van der Waals surface area contributed by atoms with Crippen LogP contribution < -0.4 is 29.6 Å². The van der Waals surface area contributed by atoms with Crippen LogP contribution in [0.25, 0.3) is 0 Å². The van der Waals surface area contributed by atoms with Crippen LogP contribution in [-0.2, 0) is 4.74 Å². The molecule has 0 spiro atoms. The molecule has 0 aliphatic rings. The minimum Gasteiger partial charge on any atom is -0.870 e. The first-order valence-corrected chi connectivity index (χ1v) is 2.98. The van der Waals surface area contributed by atoms with Crippen molar-refractivity contribution in [2.45, 2.75) is 0 Å². The van der Waals surface area contributed by atoms with Gasteiger partial charge in [-0.05, 0) is 12.1 Å². The summed E-state index contributed by atoms with van der Waals surface area (Å²) in [4.78, 5) is 10.8. The number of hydrogen-bond donors (Lipinski definition) is 0. The van der Waals surface area contributed by atoms with Gasteiger partial charge in [0.15, 0.2) is 0 Å². The number of ether oxygens (including phenoxy) is 1. The molecule has 4 heteroatoms. The fraction of sp³-hybridized carbons (Fsp3) is 0.125. The maximum Gasteiger partial charge on any atom is 1.00 e. The third-order valence-corrected chi connectivity index (χ3v) is 1.19. The molecule has 1 rings (SSSR count). The summed E-state index contributed by atoms with van der Waals surface area (Å²) < 4.78 is 4.50. The Morgan fingerprint density at radius 3 is 2.17 bits per heavy atom. The van der Waals surface area contributed by atoms with Gasteiger partial charge in [0.05, 0.1) is 12.7 Å². The molecule has 0 saturated heterocycles. The molecule has 1 aromatic rings. The number of methoxy groups -OCH3 is 1. The molecule has 0 aliphatic heterocycles. The normalized spacial score (nSPS) is 7.42. The quantitative estimate of drug-likeness (QED) is 0.378. The van der Waals surface area contributed by atoms with E-state index in [1.165, 1.54) is 7.11 Å². The van der Waals surface area contributed by atoms with Gasteiger partial charge in [-0.15, -0.1) is 0 Å². The monoisotopic (exact) mass is 176 g/mol. The van der Waals surface area contributed by atoms with E-state index in [1.54, 1.807) is 24.3 Å². The van der Waals surface area contributed by atoms with Gasteiger partial charge in [-0.1, -0.05) is 18.2 Å². The molecule has 0 atom stereocenters. The summed E-state index contributed by atoms with van der Waals surface area (Å²) in [5.74, 6) is -0.291. The van der Waals surface area contributed by atoms with Crippen molar-refractivity contribution in [1.29, 1.82) is 0 Å². The van der Waals surface area contributed by atoms with Crippen LogP contribution in [0.1, 0.15) is 10.4 Å². The second-order valence-corrected chi connectivity index (χ2v) is 1.86. The summed E-state index contributed by atoms with van der Waals surface area (Å²) in [6.45, 7) is 0. The predicted molar refractivity (Wildman–Crippen MR) is 39.7 cm³/mol. The maximum atomic E-state index is 10.8. The summed E-state index contributed by atoms with van der Waals surface area (Å²) in [6.07, 6.45) is 0. The van der Waals surface area contributed by atoms with Gasteiger partial charge in [0.2, 0.25) is 0 Å². The SMILES string of the molecule is COC(=O)c1ccccc1.[Na+].[OH-]. The first kappa shape index (κ1) is 14.2. The first-order valence-electron chi connectivity index (χ1n) is 2.98. The van der Waals surface area contributed by atoms with Gasteiger partial charge in [0, 0.05) is 0 Å². The summed E-state index contributed by atoms with van der Waals surface area (Å²) in [5.41, 5.74) is 0.588. The van der Waals surface area contributed by atoms with Gasteiger partial charge >= 0.3 is 35.5 Å². The second-order valence-electron chi connectivity index (χ2n) is 1.86. The van der Waals surface area contributed by atoms with Gasteiger partial charge in [0.25, 0.3) is 0 Å². The maximum absolute atomic E-state index is 10.8. The van der Waals surface area contributed by atoms with E-state index in [9.17, 15) is 4.79 Å². The van der Waals surface area contributed by atoms with E-state index in [1.807, 2.05) is 6.07 Å². The molecule has 3 nitrogen and oxygen atoms in total. The molecular weight excluding hydrogens is 167 g/mol. The predicted octanol–water partition coefficient (Wildman–Crippen LogP) is -1.70. The number of carbonyl (C=O) groups is 1. The van der Waals surface area contributed by atoms with E-state index < -0.39 is 0 Å². The van der Waals surface area contributed by atoms with Crippen molar-refractivity contribution in [3.05, 3.63) is 35.9 Å². The summed E-state index contributed by atoms with van der Waals surface area (Å²) in [6, 6.07) is 8.88. The molecule has 0 fully saturated rings. The van der Waals surface area contributed by atoms with Crippen LogP contribution >= 0.6 is 0 Å². The van der Waals surface area contributed by atoms with Gasteiger partial charge in [0.1, 0.15) is 0 Å². The third-order valence-electron chi connectivity index (χ3n) is 1.19.